The molecule has 0 aliphatic heterocycles. The number of carbonyl (C=O) groups excluding carboxylic acids is 1. The van der Waals surface area contributed by atoms with Gasteiger partial charge in [-0.3, -0.25) is 4.79 Å². The molecule has 0 aliphatic carbocycles. The van der Waals surface area contributed by atoms with Gasteiger partial charge >= 0.3 is 6.18 Å². The van der Waals surface area contributed by atoms with E-state index in [4.69, 9.17) is 11.6 Å². The van der Waals surface area contributed by atoms with Gasteiger partial charge in [-0.05, 0) is 73.7 Å². The molecule has 0 unspecified atom stereocenters. The van der Waals surface area contributed by atoms with Crippen LogP contribution >= 0.6 is 11.6 Å². The van der Waals surface area contributed by atoms with E-state index in [2.05, 4.69) is 0 Å². The molecule has 2 rings (SSSR count). The fraction of sp³-hybridized carbons (Fsp3) is 0.350. The largest absolute Gasteiger partial charge is 0.416 e. The second kappa shape index (κ2) is 6.83. The summed E-state index contributed by atoms with van der Waals surface area (Å²) in [6, 6.07) is 8.87. The van der Waals surface area contributed by atoms with Gasteiger partial charge in [0.05, 0.1) is 11.0 Å². The molecule has 25 heavy (non-hydrogen) atoms. The van der Waals surface area contributed by atoms with Gasteiger partial charge in [0.1, 0.15) is 5.78 Å². The SMILES string of the molecule is CCc1ccc(Cl)cc1[C@](C)(C(C)=O)c1ccc(C(F)(F)F)cc1C. The van der Waals surface area contributed by atoms with Crippen molar-refractivity contribution >= 4 is 17.4 Å². The van der Waals surface area contributed by atoms with Crippen molar-refractivity contribution in [3.63, 3.8) is 0 Å². The molecule has 2 aromatic rings. The number of hydrogen-bond donors (Lipinski definition) is 0. The highest BCUT2D eigenvalue weighted by atomic mass is 35.5. The number of carbonyl (C=O) groups is 1. The molecule has 0 spiro atoms. The average Bonchev–Trinajstić information content (AvgIpc) is 2.53. The van der Waals surface area contributed by atoms with Crippen molar-refractivity contribution < 1.29 is 18.0 Å². The highest BCUT2D eigenvalue weighted by molar-refractivity contribution is 6.30. The van der Waals surface area contributed by atoms with Gasteiger partial charge in [-0.2, -0.15) is 13.2 Å². The quantitative estimate of drug-likeness (QED) is 0.635. The highest BCUT2D eigenvalue weighted by Gasteiger charge is 2.38. The third-order valence-corrected chi connectivity index (χ3v) is 5.02. The summed E-state index contributed by atoms with van der Waals surface area (Å²) in [5.74, 6) is -0.146. The summed E-state index contributed by atoms with van der Waals surface area (Å²) in [7, 11) is 0. The first-order chi connectivity index (χ1) is 11.5. The molecule has 0 N–H and O–H groups in total. The Morgan fingerprint density at radius 3 is 2.20 bits per heavy atom. The Balaban J connectivity index is 2.75. The monoisotopic (exact) mass is 368 g/mol. The van der Waals surface area contributed by atoms with Gasteiger partial charge in [0.15, 0.2) is 0 Å². The molecule has 0 aromatic heterocycles. The van der Waals surface area contributed by atoms with Gasteiger partial charge < -0.3 is 0 Å². The molecule has 0 radical (unpaired) electrons. The number of halogens is 4. The van der Waals surface area contributed by atoms with Crippen molar-refractivity contribution in [2.75, 3.05) is 0 Å². The van der Waals surface area contributed by atoms with Gasteiger partial charge in [-0.1, -0.05) is 30.7 Å². The summed E-state index contributed by atoms with van der Waals surface area (Å²) in [5, 5.41) is 0.490. The number of benzene rings is 2. The fourth-order valence-electron chi connectivity index (χ4n) is 3.25. The minimum absolute atomic E-state index is 0.146. The molecule has 2 aromatic carbocycles. The molecule has 0 saturated carbocycles. The molecule has 1 nitrogen and oxygen atoms in total. The van der Waals surface area contributed by atoms with E-state index in [1.165, 1.54) is 13.0 Å². The van der Waals surface area contributed by atoms with Crippen molar-refractivity contribution in [3.05, 3.63) is 69.2 Å². The molecule has 1 atom stereocenters. The molecule has 134 valence electrons. The third-order valence-electron chi connectivity index (χ3n) is 4.79. The molecule has 0 heterocycles. The number of alkyl halides is 3. The molecular formula is C20H20ClF3O. The Kier molecular flexibility index (Phi) is 5.33. The molecule has 0 amide bonds. The van der Waals surface area contributed by atoms with Crippen LogP contribution in [0.15, 0.2) is 36.4 Å². The van der Waals surface area contributed by atoms with Crippen molar-refractivity contribution in [1.29, 1.82) is 0 Å². The Morgan fingerprint density at radius 2 is 1.72 bits per heavy atom. The van der Waals surface area contributed by atoms with Crippen LogP contribution in [0.4, 0.5) is 13.2 Å². The molecule has 0 bridgehead atoms. The topological polar surface area (TPSA) is 17.1 Å². The summed E-state index contributed by atoms with van der Waals surface area (Å²) in [4.78, 5) is 12.6. The molecule has 5 heteroatoms. The lowest BCUT2D eigenvalue weighted by molar-refractivity contribution is -0.137. The standard InChI is InChI=1S/C20H20ClF3O/c1-5-14-6-8-16(21)11-18(14)19(4,13(3)25)17-9-7-15(10-12(17)2)20(22,23)24/h6-11H,5H2,1-4H3/t19-/m1/s1. The first kappa shape index (κ1) is 19.5. The fourth-order valence-corrected chi connectivity index (χ4v) is 3.42. The van der Waals surface area contributed by atoms with E-state index in [-0.39, 0.29) is 5.78 Å². The predicted octanol–water partition coefficient (Wildman–Crippen LogP) is 6.12. The van der Waals surface area contributed by atoms with Crippen LogP contribution in [-0.2, 0) is 22.8 Å². The molecule has 0 saturated heterocycles. The maximum atomic E-state index is 13.0. The Labute approximate surface area is 150 Å². The van der Waals surface area contributed by atoms with Crippen molar-refractivity contribution in [2.45, 2.75) is 45.7 Å². The zero-order chi connectivity index (χ0) is 19.0. The van der Waals surface area contributed by atoms with Crippen LogP contribution in [0.2, 0.25) is 5.02 Å². The van der Waals surface area contributed by atoms with E-state index in [9.17, 15) is 18.0 Å². The Bertz CT molecular complexity index is 811. The zero-order valence-corrected chi connectivity index (χ0v) is 15.3. The first-order valence-corrected chi connectivity index (χ1v) is 8.37. The summed E-state index contributed by atoms with van der Waals surface area (Å²) >= 11 is 6.14. The Hall–Kier alpha value is -1.81. The van der Waals surface area contributed by atoms with E-state index >= 15 is 0 Å². The highest BCUT2D eigenvalue weighted by Crippen LogP contribution is 2.40. The summed E-state index contributed by atoms with van der Waals surface area (Å²) in [5.41, 5.74) is 0.880. The maximum Gasteiger partial charge on any atom is 0.416 e. The van der Waals surface area contributed by atoms with Gasteiger partial charge in [0.25, 0.3) is 0 Å². The lowest BCUT2D eigenvalue weighted by Gasteiger charge is -2.32. The predicted molar refractivity (Wildman–Crippen MR) is 94.1 cm³/mol. The van der Waals surface area contributed by atoms with Gasteiger partial charge in [0.2, 0.25) is 0 Å². The molecular weight excluding hydrogens is 349 g/mol. The van der Waals surface area contributed by atoms with Crippen LogP contribution in [0.3, 0.4) is 0 Å². The average molecular weight is 369 g/mol. The van der Waals surface area contributed by atoms with Crippen LogP contribution in [0.25, 0.3) is 0 Å². The zero-order valence-electron chi connectivity index (χ0n) is 14.6. The summed E-state index contributed by atoms with van der Waals surface area (Å²) < 4.78 is 38.9. The van der Waals surface area contributed by atoms with Gasteiger partial charge in [-0.25, -0.2) is 0 Å². The van der Waals surface area contributed by atoms with Crippen LogP contribution in [-0.4, -0.2) is 5.78 Å². The number of ketones is 1. The van der Waals surface area contributed by atoms with E-state index < -0.39 is 17.2 Å². The smallest absolute Gasteiger partial charge is 0.299 e. The van der Waals surface area contributed by atoms with Gasteiger partial charge in [-0.15, -0.1) is 0 Å². The van der Waals surface area contributed by atoms with Crippen LogP contribution in [0, 0.1) is 6.92 Å². The number of rotatable bonds is 4. The van der Waals surface area contributed by atoms with E-state index in [0.717, 1.165) is 23.3 Å². The first-order valence-electron chi connectivity index (χ1n) is 8.00. The minimum atomic E-state index is -4.42. The van der Waals surface area contributed by atoms with Crippen molar-refractivity contribution in [3.8, 4) is 0 Å². The van der Waals surface area contributed by atoms with Crippen molar-refractivity contribution in [2.24, 2.45) is 0 Å². The van der Waals surface area contributed by atoms with Gasteiger partial charge in [0, 0.05) is 5.02 Å². The second-order valence-electron chi connectivity index (χ2n) is 6.36. The van der Waals surface area contributed by atoms with Crippen LogP contribution in [0.1, 0.15) is 48.6 Å². The maximum absolute atomic E-state index is 13.0. The lowest BCUT2D eigenvalue weighted by atomic mass is 9.70. The number of aryl methyl sites for hydroxylation is 2. The summed E-state index contributed by atoms with van der Waals surface area (Å²) in [6.45, 7) is 6.77. The number of hydrogen-bond acceptors (Lipinski definition) is 1. The van der Waals surface area contributed by atoms with E-state index in [1.54, 1.807) is 26.0 Å². The van der Waals surface area contributed by atoms with Crippen molar-refractivity contribution in [1.82, 2.24) is 0 Å². The summed E-state index contributed by atoms with van der Waals surface area (Å²) in [6.07, 6.45) is -3.73. The lowest BCUT2D eigenvalue weighted by Crippen LogP contribution is -2.34. The molecule has 0 fully saturated rings. The normalized spacial score (nSPS) is 14.2. The third kappa shape index (κ3) is 3.59. The Morgan fingerprint density at radius 1 is 1.08 bits per heavy atom. The van der Waals surface area contributed by atoms with Crippen LogP contribution in [0.5, 0.6) is 0 Å². The van der Waals surface area contributed by atoms with Crippen LogP contribution < -0.4 is 0 Å². The van der Waals surface area contributed by atoms with E-state index in [0.29, 0.717) is 22.6 Å². The number of Topliss-reactive ketones (excluding diaryl/α,β-unsaturated/α-hetero) is 1. The minimum Gasteiger partial charge on any atom is -0.299 e. The van der Waals surface area contributed by atoms with E-state index in [1.807, 2.05) is 13.0 Å². The molecule has 0 aliphatic rings. The second-order valence-corrected chi connectivity index (χ2v) is 6.80.